The molecule has 1 aromatic rings. The summed E-state index contributed by atoms with van der Waals surface area (Å²) in [6.07, 6.45) is 4.85. The summed E-state index contributed by atoms with van der Waals surface area (Å²) in [5.41, 5.74) is 2.35. The molecule has 1 aliphatic carbocycles. The molecule has 0 saturated heterocycles. The number of H-pyrrole nitrogens is 1. The lowest BCUT2D eigenvalue weighted by Gasteiger charge is -2.11. The molecule has 2 heterocycles. The number of nitrogens with zero attached hydrogens (tertiary/aromatic N) is 2. The average Bonchev–Trinajstić information content (AvgIpc) is 2.84. The zero-order chi connectivity index (χ0) is 10.4. The molecule has 0 spiro atoms. The van der Waals surface area contributed by atoms with Crippen molar-refractivity contribution in [3.8, 4) is 0 Å². The predicted octanol–water partition coefficient (Wildman–Crippen LogP) is 1.24. The molecule has 4 heteroatoms. The highest BCUT2D eigenvalue weighted by Crippen LogP contribution is 2.28. The van der Waals surface area contributed by atoms with Crippen LogP contribution in [0.4, 0.5) is 0 Å². The minimum absolute atomic E-state index is 0.223. The van der Waals surface area contributed by atoms with E-state index < -0.39 is 0 Å². The van der Waals surface area contributed by atoms with Gasteiger partial charge in [-0.15, -0.1) is 0 Å². The van der Waals surface area contributed by atoms with Gasteiger partial charge in [-0.05, 0) is 19.9 Å². The third-order valence-electron chi connectivity index (χ3n) is 3.64. The molecular formula is C11H17N3O. The maximum absolute atomic E-state index is 12.1. The topological polar surface area (TPSA) is 41.0 Å². The van der Waals surface area contributed by atoms with Gasteiger partial charge < -0.3 is 0 Å². The second kappa shape index (κ2) is 3.23. The highest BCUT2D eigenvalue weighted by atomic mass is 16.1. The van der Waals surface area contributed by atoms with Crippen molar-refractivity contribution in [3.05, 3.63) is 21.6 Å². The molecule has 0 bridgehead atoms. The van der Waals surface area contributed by atoms with E-state index in [0.717, 1.165) is 37.2 Å². The Morgan fingerprint density at radius 2 is 2.00 bits per heavy atom. The largest absolute Gasteiger partial charge is 0.298 e. The molecule has 1 fully saturated rings. The third-order valence-corrected chi connectivity index (χ3v) is 3.64. The van der Waals surface area contributed by atoms with Crippen LogP contribution in [0.15, 0.2) is 4.79 Å². The summed E-state index contributed by atoms with van der Waals surface area (Å²) in [6, 6.07) is 0.438. The van der Waals surface area contributed by atoms with Crippen molar-refractivity contribution < 1.29 is 0 Å². The number of fused-ring (bicyclic) bond motifs is 1. The highest BCUT2D eigenvalue weighted by molar-refractivity contribution is 5.21. The Labute approximate surface area is 88.9 Å². The highest BCUT2D eigenvalue weighted by Gasteiger charge is 2.26. The zero-order valence-corrected chi connectivity index (χ0v) is 9.12. The molecule has 0 atom stereocenters. The van der Waals surface area contributed by atoms with Crippen LogP contribution in [0.5, 0.6) is 0 Å². The lowest BCUT2D eigenvalue weighted by Crippen LogP contribution is -2.24. The van der Waals surface area contributed by atoms with E-state index in [9.17, 15) is 4.79 Å². The van der Waals surface area contributed by atoms with E-state index in [4.69, 9.17) is 0 Å². The van der Waals surface area contributed by atoms with Crippen molar-refractivity contribution in [2.75, 3.05) is 7.05 Å². The molecule has 1 saturated carbocycles. The van der Waals surface area contributed by atoms with Crippen LogP contribution in [0.2, 0.25) is 0 Å². The van der Waals surface area contributed by atoms with Crippen LogP contribution in [0.25, 0.3) is 0 Å². The van der Waals surface area contributed by atoms with Gasteiger partial charge in [0.25, 0.3) is 5.56 Å². The summed E-state index contributed by atoms with van der Waals surface area (Å²) in [5.74, 6) is 0. The molecule has 2 aliphatic rings. The van der Waals surface area contributed by atoms with E-state index in [1.54, 1.807) is 0 Å². The number of hydrogen-bond acceptors (Lipinski definition) is 2. The van der Waals surface area contributed by atoms with Gasteiger partial charge in [-0.3, -0.25) is 14.8 Å². The molecule has 82 valence electrons. The van der Waals surface area contributed by atoms with Crippen LogP contribution < -0.4 is 5.56 Å². The summed E-state index contributed by atoms with van der Waals surface area (Å²) in [4.78, 5) is 14.3. The smallest absolute Gasteiger partial charge is 0.271 e. The van der Waals surface area contributed by atoms with Gasteiger partial charge in [0.1, 0.15) is 0 Å². The van der Waals surface area contributed by atoms with Crippen molar-refractivity contribution >= 4 is 0 Å². The number of aromatic nitrogens is 2. The van der Waals surface area contributed by atoms with Gasteiger partial charge in [-0.1, -0.05) is 12.8 Å². The van der Waals surface area contributed by atoms with Gasteiger partial charge in [-0.2, -0.15) is 0 Å². The Hall–Kier alpha value is -1.03. The van der Waals surface area contributed by atoms with Crippen molar-refractivity contribution in [2.45, 2.75) is 44.8 Å². The van der Waals surface area contributed by atoms with Crippen molar-refractivity contribution in [1.29, 1.82) is 0 Å². The number of nitrogens with one attached hydrogen (secondary N) is 1. The van der Waals surface area contributed by atoms with Crippen molar-refractivity contribution in [3.63, 3.8) is 0 Å². The maximum atomic E-state index is 12.1. The van der Waals surface area contributed by atoms with Gasteiger partial charge in [0.05, 0.1) is 17.3 Å². The minimum atomic E-state index is 0.223. The second-order valence-electron chi connectivity index (χ2n) is 4.85. The molecule has 1 N–H and O–H groups in total. The minimum Gasteiger partial charge on any atom is -0.298 e. The Kier molecular flexibility index (Phi) is 1.99. The van der Waals surface area contributed by atoms with E-state index in [1.807, 2.05) is 11.7 Å². The van der Waals surface area contributed by atoms with E-state index in [-0.39, 0.29) is 5.56 Å². The molecule has 0 aromatic carbocycles. The predicted molar refractivity (Wildman–Crippen MR) is 57.7 cm³/mol. The van der Waals surface area contributed by atoms with Crippen LogP contribution in [0, 0.1) is 0 Å². The lowest BCUT2D eigenvalue weighted by atomic mass is 10.2. The molecule has 0 amide bonds. The van der Waals surface area contributed by atoms with Gasteiger partial charge in [0, 0.05) is 13.1 Å². The van der Waals surface area contributed by atoms with Crippen LogP contribution in [-0.4, -0.2) is 21.7 Å². The quantitative estimate of drug-likeness (QED) is 0.752. The molecular weight excluding hydrogens is 190 g/mol. The monoisotopic (exact) mass is 207 g/mol. The van der Waals surface area contributed by atoms with Crippen LogP contribution in [0.1, 0.15) is 43.0 Å². The fourth-order valence-electron chi connectivity index (χ4n) is 2.85. The van der Waals surface area contributed by atoms with E-state index in [0.29, 0.717) is 6.04 Å². The first-order valence-corrected chi connectivity index (χ1v) is 5.76. The van der Waals surface area contributed by atoms with Gasteiger partial charge in [-0.25, -0.2) is 4.68 Å². The summed E-state index contributed by atoms with van der Waals surface area (Å²) in [7, 11) is 2.05. The summed E-state index contributed by atoms with van der Waals surface area (Å²) in [5, 5.41) is 3.30. The van der Waals surface area contributed by atoms with Gasteiger partial charge >= 0.3 is 0 Å². The molecule has 0 unspecified atom stereocenters. The molecule has 15 heavy (non-hydrogen) atoms. The fraction of sp³-hybridized carbons (Fsp3) is 0.727. The first kappa shape index (κ1) is 9.21. The molecule has 1 aromatic heterocycles. The van der Waals surface area contributed by atoms with Crippen molar-refractivity contribution in [2.24, 2.45) is 0 Å². The molecule has 0 radical (unpaired) electrons. The van der Waals surface area contributed by atoms with E-state index in [2.05, 4.69) is 10.00 Å². The van der Waals surface area contributed by atoms with E-state index in [1.165, 1.54) is 12.8 Å². The zero-order valence-electron chi connectivity index (χ0n) is 9.12. The summed E-state index contributed by atoms with van der Waals surface area (Å²) in [6.45, 7) is 1.70. The van der Waals surface area contributed by atoms with Crippen molar-refractivity contribution in [1.82, 2.24) is 14.7 Å². The fourth-order valence-corrected chi connectivity index (χ4v) is 2.85. The normalized spacial score (nSPS) is 22.5. The van der Waals surface area contributed by atoms with Gasteiger partial charge in [0.2, 0.25) is 0 Å². The Morgan fingerprint density at radius 1 is 1.27 bits per heavy atom. The Balaban J connectivity index is 1.98. The van der Waals surface area contributed by atoms with E-state index >= 15 is 0 Å². The molecule has 3 rings (SSSR count). The Morgan fingerprint density at radius 3 is 2.67 bits per heavy atom. The first-order valence-electron chi connectivity index (χ1n) is 5.76. The molecule has 1 aliphatic heterocycles. The summed E-state index contributed by atoms with van der Waals surface area (Å²) >= 11 is 0. The third kappa shape index (κ3) is 1.35. The summed E-state index contributed by atoms with van der Waals surface area (Å²) < 4.78 is 1.88. The van der Waals surface area contributed by atoms with Crippen LogP contribution in [-0.2, 0) is 13.1 Å². The maximum Gasteiger partial charge on any atom is 0.271 e. The molecule has 4 nitrogen and oxygen atoms in total. The Bertz CT molecular complexity index is 426. The van der Waals surface area contributed by atoms with Gasteiger partial charge in [0.15, 0.2) is 0 Å². The first-order chi connectivity index (χ1) is 7.25. The standard InChI is InChI=1S/C11H17N3O/c1-13-6-9-10(7-13)12-14(11(9)15)8-4-2-3-5-8/h8,12H,2-7H2,1H3. The number of aromatic amines is 1. The average molecular weight is 207 g/mol. The van der Waals surface area contributed by atoms with Crippen LogP contribution in [0.3, 0.4) is 0 Å². The SMILES string of the molecule is CN1Cc2[nH]n(C3CCCC3)c(=O)c2C1. The second-order valence-corrected chi connectivity index (χ2v) is 4.85. The van der Waals surface area contributed by atoms with Crippen LogP contribution >= 0.6 is 0 Å². The lowest BCUT2D eigenvalue weighted by molar-refractivity contribution is 0.338. The number of hydrogen-bond donors (Lipinski definition) is 1. The number of rotatable bonds is 1.